The third kappa shape index (κ3) is 4.53. The predicted molar refractivity (Wildman–Crippen MR) is 122 cm³/mol. The van der Waals surface area contributed by atoms with Crippen molar-refractivity contribution in [2.45, 2.75) is 37.9 Å². The first-order chi connectivity index (χ1) is 16.8. The zero-order valence-corrected chi connectivity index (χ0v) is 19.1. The highest BCUT2D eigenvalue weighted by molar-refractivity contribution is 6.06. The van der Waals surface area contributed by atoms with Crippen molar-refractivity contribution in [1.29, 1.82) is 0 Å². The van der Waals surface area contributed by atoms with Gasteiger partial charge < -0.3 is 19.7 Å². The smallest absolute Gasteiger partial charge is 0.282 e. The van der Waals surface area contributed by atoms with Crippen LogP contribution in [0.3, 0.4) is 0 Å². The molecule has 0 aliphatic carbocycles. The first kappa shape index (κ1) is 23.4. The maximum Gasteiger partial charge on any atom is 0.282 e. The van der Waals surface area contributed by atoms with Crippen LogP contribution < -0.4 is 10.1 Å². The number of nitrogens with one attached hydrogen (secondary N) is 1. The molecule has 0 saturated carbocycles. The van der Waals surface area contributed by atoms with E-state index in [0.717, 1.165) is 38.4 Å². The second-order valence-electron chi connectivity index (χ2n) is 8.95. The summed E-state index contributed by atoms with van der Waals surface area (Å²) in [5.41, 5.74) is 1.98. The minimum Gasteiger partial charge on any atom is -0.488 e. The number of hydrogen-bond donors (Lipinski definition) is 3. The van der Waals surface area contributed by atoms with E-state index in [4.69, 9.17) is 9.47 Å². The highest BCUT2D eigenvalue weighted by Gasteiger charge is 2.55. The fourth-order valence-electron chi connectivity index (χ4n) is 4.77. The van der Waals surface area contributed by atoms with Gasteiger partial charge in [0.05, 0.1) is 24.3 Å². The highest BCUT2D eigenvalue weighted by Crippen LogP contribution is 2.43. The molecule has 1 atom stereocenters. The topological polar surface area (TPSA) is 129 Å². The van der Waals surface area contributed by atoms with Crippen LogP contribution in [0.5, 0.6) is 5.75 Å². The molecule has 0 aromatic heterocycles. The highest BCUT2D eigenvalue weighted by atomic mass is 16.5. The van der Waals surface area contributed by atoms with Crippen LogP contribution in [0.1, 0.15) is 39.9 Å². The third-order valence-electron chi connectivity index (χ3n) is 6.60. The van der Waals surface area contributed by atoms with E-state index in [-0.39, 0.29) is 36.3 Å². The van der Waals surface area contributed by atoms with Crippen molar-refractivity contribution in [2.24, 2.45) is 0 Å². The van der Waals surface area contributed by atoms with Gasteiger partial charge in [0.2, 0.25) is 11.8 Å². The number of piperidine rings is 1. The molecule has 3 amide bonds. The van der Waals surface area contributed by atoms with Crippen molar-refractivity contribution >= 4 is 17.7 Å². The lowest BCUT2D eigenvalue weighted by atomic mass is 10.0. The van der Waals surface area contributed by atoms with Gasteiger partial charge in [0.15, 0.2) is 0 Å². The zero-order chi connectivity index (χ0) is 24.6. The summed E-state index contributed by atoms with van der Waals surface area (Å²) in [5.74, 6) is -4.54. The van der Waals surface area contributed by atoms with Crippen molar-refractivity contribution in [2.75, 3.05) is 26.3 Å². The van der Waals surface area contributed by atoms with Crippen LogP contribution in [0.2, 0.25) is 0 Å². The molecule has 35 heavy (non-hydrogen) atoms. The summed E-state index contributed by atoms with van der Waals surface area (Å²) in [7, 11) is 0. The average Bonchev–Trinajstić information content (AvgIpc) is 3.05. The van der Waals surface area contributed by atoms with E-state index >= 15 is 0 Å². The molecule has 2 aromatic carbocycles. The predicted octanol–water partition coefficient (Wildman–Crippen LogP) is 0.454. The molecule has 0 bridgehead atoms. The molecule has 3 aliphatic heterocycles. The lowest BCUT2D eigenvalue weighted by Gasteiger charge is -2.36. The molecule has 10 nitrogen and oxygen atoms in total. The van der Waals surface area contributed by atoms with Crippen molar-refractivity contribution in [3.05, 3.63) is 64.7 Å². The number of amides is 3. The van der Waals surface area contributed by atoms with Gasteiger partial charge in [-0.3, -0.25) is 29.5 Å². The molecule has 2 aromatic rings. The van der Waals surface area contributed by atoms with Gasteiger partial charge in [0.1, 0.15) is 18.4 Å². The van der Waals surface area contributed by atoms with Gasteiger partial charge in [0.25, 0.3) is 11.8 Å². The molecule has 184 valence electrons. The Morgan fingerprint density at radius 2 is 1.74 bits per heavy atom. The van der Waals surface area contributed by atoms with Crippen molar-refractivity contribution in [3.63, 3.8) is 0 Å². The zero-order valence-electron chi connectivity index (χ0n) is 19.1. The van der Waals surface area contributed by atoms with E-state index in [0.29, 0.717) is 4.90 Å². The van der Waals surface area contributed by atoms with Gasteiger partial charge >= 0.3 is 0 Å². The first-order valence-electron chi connectivity index (χ1n) is 11.6. The van der Waals surface area contributed by atoms with Crippen molar-refractivity contribution < 1.29 is 34.1 Å². The number of ether oxygens (including phenoxy) is 2. The Morgan fingerprint density at radius 1 is 1.03 bits per heavy atom. The summed E-state index contributed by atoms with van der Waals surface area (Å²) >= 11 is 0. The minimum atomic E-state index is -2.76. The lowest BCUT2D eigenvalue weighted by molar-refractivity contribution is -0.260. The largest absolute Gasteiger partial charge is 0.488 e. The molecule has 2 fully saturated rings. The van der Waals surface area contributed by atoms with E-state index in [9.17, 15) is 24.6 Å². The Kier molecular flexibility index (Phi) is 6.28. The van der Waals surface area contributed by atoms with E-state index < -0.39 is 29.7 Å². The number of hydrogen-bond acceptors (Lipinski definition) is 8. The summed E-state index contributed by atoms with van der Waals surface area (Å²) in [6, 6.07) is 11.4. The summed E-state index contributed by atoms with van der Waals surface area (Å²) in [5, 5.41) is 24.1. The van der Waals surface area contributed by atoms with Crippen LogP contribution in [0.4, 0.5) is 0 Å². The standard InChI is InChI=1S/C25H27N3O7/c29-21-9-8-19(23(30)26-21)28-24(31)18-2-1-3-20(22(18)25(28,32)33)35-15-17-6-4-16(5-7-17)14-27-10-12-34-13-11-27/h1-7,19,32-33H,8-15H2,(H,26,29,30). The normalized spacial score (nSPS) is 22.2. The number of nitrogens with zero attached hydrogens (tertiary/aromatic N) is 2. The Balaban J connectivity index is 1.31. The Bertz CT molecular complexity index is 1140. The molecule has 3 aliphatic rings. The monoisotopic (exact) mass is 481 g/mol. The van der Waals surface area contributed by atoms with Gasteiger partial charge in [-0.05, 0) is 29.7 Å². The molecule has 3 heterocycles. The number of rotatable bonds is 6. The second-order valence-corrected chi connectivity index (χ2v) is 8.95. The Morgan fingerprint density at radius 3 is 2.46 bits per heavy atom. The average molecular weight is 482 g/mol. The number of morpholine rings is 1. The van der Waals surface area contributed by atoms with Crippen LogP contribution >= 0.6 is 0 Å². The number of imide groups is 1. The van der Waals surface area contributed by atoms with Gasteiger partial charge in [-0.2, -0.15) is 0 Å². The number of aliphatic hydroxyl groups is 2. The van der Waals surface area contributed by atoms with Crippen LogP contribution in [0.25, 0.3) is 0 Å². The van der Waals surface area contributed by atoms with E-state index in [2.05, 4.69) is 10.2 Å². The van der Waals surface area contributed by atoms with Gasteiger partial charge in [-0.15, -0.1) is 0 Å². The molecule has 1 unspecified atom stereocenters. The van der Waals surface area contributed by atoms with Crippen molar-refractivity contribution in [3.8, 4) is 5.75 Å². The molecule has 10 heteroatoms. The molecular formula is C25H27N3O7. The Labute approximate surface area is 202 Å². The summed E-state index contributed by atoms with van der Waals surface area (Å²) in [6.45, 7) is 4.29. The van der Waals surface area contributed by atoms with Gasteiger partial charge in [0, 0.05) is 26.1 Å². The fourth-order valence-corrected chi connectivity index (χ4v) is 4.77. The maximum absolute atomic E-state index is 13.0. The Hall–Kier alpha value is -3.31. The molecule has 3 N–H and O–H groups in total. The number of fused-ring (bicyclic) bond motifs is 1. The molecule has 5 rings (SSSR count). The van der Waals surface area contributed by atoms with Crippen LogP contribution in [0, 0.1) is 0 Å². The quantitative estimate of drug-likeness (QED) is 0.401. The minimum absolute atomic E-state index is 0.000255. The van der Waals surface area contributed by atoms with E-state index in [1.54, 1.807) is 12.1 Å². The SMILES string of the molecule is O=C1CCC(N2C(=O)c3cccc(OCc4ccc(CN5CCOCC5)cc4)c3C2(O)O)C(=O)N1. The van der Waals surface area contributed by atoms with E-state index in [1.807, 2.05) is 24.3 Å². The maximum atomic E-state index is 13.0. The molecule has 2 saturated heterocycles. The number of carbonyl (C=O) groups excluding carboxylic acids is 3. The first-order valence-corrected chi connectivity index (χ1v) is 11.6. The summed E-state index contributed by atoms with van der Waals surface area (Å²) in [6.07, 6.45) is -0.00222. The fraction of sp³-hybridized carbons (Fsp3) is 0.400. The molecule has 0 spiro atoms. The molecular weight excluding hydrogens is 454 g/mol. The van der Waals surface area contributed by atoms with Crippen LogP contribution in [-0.4, -0.2) is 70.1 Å². The van der Waals surface area contributed by atoms with Crippen molar-refractivity contribution in [1.82, 2.24) is 15.1 Å². The van der Waals surface area contributed by atoms with E-state index in [1.165, 1.54) is 11.6 Å². The summed E-state index contributed by atoms with van der Waals surface area (Å²) in [4.78, 5) is 39.9. The third-order valence-corrected chi connectivity index (χ3v) is 6.60. The number of benzene rings is 2. The number of carbonyl (C=O) groups is 3. The van der Waals surface area contributed by atoms with Gasteiger partial charge in [-0.25, -0.2) is 0 Å². The second kappa shape index (κ2) is 9.38. The van der Waals surface area contributed by atoms with Gasteiger partial charge in [-0.1, -0.05) is 30.3 Å². The van der Waals surface area contributed by atoms with Crippen LogP contribution in [0.15, 0.2) is 42.5 Å². The molecule has 0 radical (unpaired) electrons. The lowest BCUT2D eigenvalue weighted by Crippen LogP contribution is -2.58. The van der Waals surface area contributed by atoms with Crippen LogP contribution in [-0.2, 0) is 33.4 Å². The summed E-state index contributed by atoms with van der Waals surface area (Å²) < 4.78 is 11.3.